The maximum Gasteiger partial charge on any atom is 0.329 e. The Bertz CT molecular complexity index is 721. The molecule has 26 heavy (non-hydrogen) atoms. The predicted octanol–water partition coefficient (Wildman–Crippen LogP) is 2.76. The van der Waals surface area contributed by atoms with Gasteiger partial charge in [-0.05, 0) is 12.0 Å². The molecule has 2 aromatic rings. The summed E-state index contributed by atoms with van der Waals surface area (Å²) in [5.74, 6) is 0.293. The Morgan fingerprint density at radius 2 is 2.08 bits per heavy atom. The summed E-state index contributed by atoms with van der Waals surface area (Å²) in [6, 6.07) is 9.02. The molecule has 0 aliphatic heterocycles. The summed E-state index contributed by atoms with van der Waals surface area (Å²) in [6.07, 6.45) is 0.746. The molecule has 0 fully saturated rings. The molecule has 0 aliphatic carbocycles. The molecule has 1 aromatic carbocycles. The Morgan fingerprint density at radius 1 is 1.35 bits per heavy atom. The van der Waals surface area contributed by atoms with Crippen LogP contribution in [0.2, 0.25) is 0 Å². The van der Waals surface area contributed by atoms with Gasteiger partial charge >= 0.3 is 5.97 Å². The number of aromatic nitrogens is 1. The SMILES string of the molecule is CCC(N)c1nc(C(=O)NC(CSCc2ccccc2)C(=O)OC)cs1. The van der Waals surface area contributed by atoms with Crippen molar-refractivity contribution in [1.29, 1.82) is 0 Å². The number of nitrogens with one attached hydrogen (secondary N) is 1. The Balaban J connectivity index is 1.95. The van der Waals surface area contributed by atoms with Gasteiger partial charge in [-0.15, -0.1) is 11.3 Å². The second-order valence-electron chi connectivity index (χ2n) is 5.64. The van der Waals surface area contributed by atoms with E-state index in [1.807, 2.05) is 37.3 Å². The highest BCUT2D eigenvalue weighted by Crippen LogP contribution is 2.19. The van der Waals surface area contributed by atoms with E-state index in [-0.39, 0.29) is 11.7 Å². The van der Waals surface area contributed by atoms with Gasteiger partial charge in [-0.3, -0.25) is 4.79 Å². The summed E-state index contributed by atoms with van der Waals surface area (Å²) in [5.41, 5.74) is 7.37. The number of carbonyl (C=O) groups excluding carboxylic acids is 2. The van der Waals surface area contributed by atoms with Crippen LogP contribution in [0, 0.1) is 0 Å². The van der Waals surface area contributed by atoms with Gasteiger partial charge in [0.15, 0.2) is 0 Å². The third-order valence-electron chi connectivity index (χ3n) is 3.70. The van der Waals surface area contributed by atoms with Gasteiger partial charge < -0.3 is 15.8 Å². The lowest BCUT2D eigenvalue weighted by Crippen LogP contribution is -2.43. The predicted molar refractivity (Wildman–Crippen MR) is 105 cm³/mol. The largest absolute Gasteiger partial charge is 0.467 e. The Labute approximate surface area is 161 Å². The van der Waals surface area contributed by atoms with Crippen molar-refractivity contribution in [3.63, 3.8) is 0 Å². The molecule has 1 heterocycles. The van der Waals surface area contributed by atoms with Crippen molar-refractivity contribution in [1.82, 2.24) is 10.3 Å². The number of rotatable bonds is 9. The molecular formula is C18H23N3O3S2. The monoisotopic (exact) mass is 393 g/mol. The Morgan fingerprint density at radius 3 is 2.73 bits per heavy atom. The third kappa shape index (κ3) is 5.82. The van der Waals surface area contributed by atoms with Crippen LogP contribution in [0.1, 0.15) is 40.4 Å². The van der Waals surface area contributed by atoms with E-state index in [0.717, 1.165) is 17.7 Å². The van der Waals surface area contributed by atoms with Gasteiger partial charge in [0.1, 0.15) is 16.7 Å². The average molecular weight is 394 g/mol. The maximum absolute atomic E-state index is 12.4. The standard InChI is InChI=1S/C18H23N3O3S2/c1-3-13(19)17-21-14(11-26-17)16(22)20-15(18(23)24-2)10-25-9-12-7-5-4-6-8-12/h4-8,11,13,15H,3,9-10,19H2,1-2H3,(H,20,22). The third-order valence-corrected chi connectivity index (χ3v) is 5.78. The summed E-state index contributed by atoms with van der Waals surface area (Å²) >= 11 is 2.90. The minimum atomic E-state index is -0.730. The zero-order chi connectivity index (χ0) is 18.9. The zero-order valence-electron chi connectivity index (χ0n) is 14.8. The minimum absolute atomic E-state index is 0.181. The van der Waals surface area contributed by atoms with Gasteiger partial charge in [0.25, 0.3) is 5.91 Å². The molecule has 0 bridgehead atoms. The Kier molecular flexibility index (Phi) is 8.08. The molecule has 0 radical (unpaired) electrons. The number of nitrogens with zero attached hydrogens (tertiary/aromatic N) is 1. The molecule has 140 valence electrons. The van der Waals surface area contributed by atoms with Crippen LogP contribution in [0.15, 0.2) is 35.7 Å². The fraction of sp³-hybridized carbons (Fsp3) is 0.389. The molecule has 3 N–H and O–H groups in total. The number of thioether (sulfide) groups is 1. The van der Waals surface area contributed by atoms with Crippen LogP contribution in [0.3, 0.4) is 0 Å². The fourth-order valence-electron chi connectivity index (χ4n) is 2.15. The van der Waals surface area contributed by atoms with Gasteiger partial charge in [0.05, 0.1) is 13.2 Å². The van der Waals surface area contributed by atoms with Crippen LogP contribution in [0.5, 0.6) is 0 Å². The summed E-state index contributed by atoms with van der Waals surface area (Å²) in [5, 5.41) is 5.08. The molecule has 0 aliphatic rings. The Hall–Kier alpha value is -1.90. The number of esters is 1. The summed E-state index contributed by atoms with van der Waals surface area (Å²) in [4.78, 5) is 28.7. The van der Waals surface area contributed by atoms with Crippen molar-refractivity contribution >= 4 is 35.0 Å². The fourth-order valence-corrected chi connectivity index (χ4v) is 4.03. The maximum atomic E-state index is 12.4. The zero-order valence-corrected chi connectivity index (χ0v) is 16.4. The van der Waals surface area contributed by atoms with Crippen LogP contribution < -0.4 is 11.1 Å². The lowest BCUT2D eigenvalue weighted by Gasteiger charge is -2.15. The van der Waals surface area contributed by atoms with E-state index in [1.165, 1.54) is 18.4 Å². The van der Waals surface area contributed by atoms with Crippen LogP contribution in [-0.4, -0.2) is 35.8 Å². The molecule has 1 aromatic heterocycles. The van der Waals surface area contributed by atoms with Gasteiger partial charge in [0, 0.05) is 16.9 Å². The van der Waals surface area contributed by atoms with E-state index in [0.29, 0.717) is 10.8 Å². The highest BCUT2D eigenvalue weighted by atomic mass is 32.2. The number of hydrogen-bond acceptors (Lipinski definition) is 7. The molecule has 2 atom stereocenters. The molecule has 0 saturated carbocycles. The van der Waals surface area contributed by atoms with Crippen molar-refractivity contribution in [2.45, 2.75) is 31.2 Å². The van der Waals surface area contributed by atoms with Crippen LogP contribution in [-0.2, 0) is 15.3 Å². The summed E-state index contributed by atoms with van der Waals surface area (Å²) in [7, 11) is 1.31. The van der Waals surface area contributed by atoms with E-state index in [4.69, 9.17) is 10.5 Å². The molecule has 1 amide bonds. The number of thiazole rings is 1. The van der Waals surface area contributed by atoms with Gasteiger partial charge in [-0.1, -0.05) is 37.3 Å². The first-order valence-corrected chi connectivity index (χ1v) is 10.3. The van der Waals surface area contributed by atoms with Gasteiger partial charge in [-0.25, -0.2) is 9.78 Å². The second-order valence-corrected chi connectivity index (χ2v) is 7.56. The van der Waals surface area contributed by atoms with Crippen molar-refractivity contribution in [3.8, 4) is 0 Å². The lowest BCUT2D eigenvalue weighted by atomic mass is 10.2. The number of amides is 1. The number of methoxy groups -OCH3 is 1. The molecule has 6 nitrogen and oxygen atoms in total. The highest BCUT2D eigenvalue weighted by Gasteiger charge is 2.24. The van der Waals surface area contributed by atoms with E-state index in [1.54, 1.807) is 17.1 Å². The molecule has 2 unspecified atom stereocenters. The average Bonchev–Trinajstić information content (AvgIpc) is 3.17. The highest BCUT2D eigenvalue weighted by molar-refractivity contribution is 7.98. The number of nitrogens with two attached hydrogens (primary N) is 1. The quantitative estimate of drug-likeness (QED) is 0.636. The normalized spacial score (nSPS) is 13.0. The van der Waals surface area contributed by atoms with Crippen molar-refractivity contribution in [3.05, 3.63) is 52.0 Å². The van der Waals surface area contributed by atoms with Crippen LogP contribution in [0.4, 0.5) is 0 Å². The first-order valence-electron chi connectivity index (χ1n) is 8.26. The summed E-state index contributed by atoms with van der Waals surface area (Å²) < 4.78 is 4.81. The van der Waals surface area contributed by atoms with Crippen LogP contribution >= 0.6 is 23.1 Å². The molecule has 0 saturated heterocycles. The number of carbonyl (C=O) groups is 2. The van der Waals surface area contributed by atoms with Gasteiger partial charge in [0.2, 0.25) is 0 Å². The molecular weight excluding hydrogens is 370 g/mol. The number of benzene rings is 1. The van der Waals surface area contributed by atoms with E-state index >= 15 is 0 Å². The van der Waals surface area contributed by atoms with Gasteiger partial charge in [-0.2, -0.15) is 11.8 Å². The summed E-state index contributed by atoms with van der Waals surface area (Å²) in [6.45, 7) is 1.96. The smallest absolute Gasteiger partial charge is 0.329 e. The van der Waals surface area contributed by atoms with E-state index in [2.05, 4.69) is 10.3 Å². The van der Waals surface area contributed by atoms with E-state index < -0.39 is 17.9 Å². The van der Waals surface area contributed by atoms with E-state index in [9.17, 15) is 9.59 Å². The first kappa shape index (κ1) is 20.4. The lowest BCUT2D eigenvalue weighted by molar-refractivity contribution is -0.142. The molecule has 8 heteroatoms. The van der Waals surface area contributed by atoms with Crippen molar-refractivity contribution in [2.24, 2.45) is 5.73 Å². The second kappa shape index (κ2) is 10.3. The number of hydrogen-bond donors (Lipinski definition) is 2. The number of ether oxygens (including phenoxy) is 1. The van der Waals surface area contributed by atoms with Crippen LogP contribution in [0.25, 0.3) is 0 Å². The topological polar surface area (TPSA) is 94.3 Å². The first-order chi connectivity index (χ1) is 12.5. The minimum Gasteiger partial charge on any atom is -0.467 e. The molecule has 0 spiro atoms. The molecule has 2 rings (SSSR count). The van der Waals surface area contributed by atoms with Crippen molar-refractivity contribution in [2.75, 3.05) is 12.9 Å². The van der Waals surface area contributed by atoms with Crippen molar-refractivity contribution < 1.29 is 14.3 Å².